The van der Waals surface area contributed by atoms with Gasteiger partial charge in [-0.15, -0.1) is 0 Å². The molecule has 0 aromatic carbocycles. The maximum Gasteiger partial charge on any atom is 0.433 e. The zero-order chi connectivity index (χ0) is 23.9. The molecule has 0 bridgehead atoms. The van der Waals surface area contributed by atoms with Crippen molar-refractivity contribution in [1.29, 1.82) is 0 Å². The largest absolute Gasteiger partial charge is 0.433 e. The number of aryl methyl sites for hydroxylation is 2. The highest BCUT2D eigenvalue weighted by Crippen LogP contribution is 2.32. The van der Waals surface area contributed by atoms with Crippen LogP contribution in [-0.4, -0.2) is 35.8 Å². The van der Waals surface area contributed by atoms with Gasteiger partial charge in [0.2, 0.25) is 5.89 Å². The lowest BCUT2D eigenvalue weighted by Crippen LogP contribution is -2.17. The molecule has 0 unspecified atom stereocenters. The molecule has 172 valence electrons. The summed E-state index contributed by atoms with van der Waals surface area (Å²) >= 11 is 3.23. The van der Waals surface area contributed by atoms with Crippen LogP contribution in [0.15, 0.2) is 27.3 Å². The molecule has 0 spiro atoms. The van der Waals surface area contributed by atoms with Crippen LogP contribution in [0, 0.1) is 13.8 Å². The molecule has 0 aliphatic carbocycles. The molecule has 1 N–H and O–H groups in total. The standard InChI is InChI=1S/C20H17BrF3N7O2/c1-4-16-27-15(30-33-16)8-31-10(3)17(9(2)29-31)28-19(32)13-6-14(20(22,23)24)26-18-12(13)5-11(21)7-25-18/h5-7H,4,8H2,1-3H3,(H,28,32). The van der Waals surface area contributed by atoms with Crippen LogP contribution < -0.4 is 5.32 Å². The van der Waals surface area contributed by atoms with E-state index in [0.717, 1.165) is 0 Å². The molecule has 0 atom stereocenters. The summed E-state index contributed by atoms with van der Waals surface area (Å²) in [6.07, 6.45) is -2.83. The number of carbonyl (C=O) groups is 1. The normalized spacial score (nSPS) is 11.8. The van der Waals surface area contributed by atoms with Gasteiger partial charge in [-0.1, -0.05) is 12.1 Å². The topological polar surface area (TPSA) is 112 Å². The van der Waals surface area contributed by atoms with Crippen LogP contribution >= 0.6 is 15.9 Å². The van der Waals surface area contributed by atoms with Crippen LogP contribution in [0.4, 0.5) is 18.9 Å². The number of halogens is 4. The second-order valence-corrected chi connectivity index (χ2v) is 8.11. The molecular formula is C20H17BrF3N7O2. The Bertz CT molecular complexity index is 1360. The molecule has 13 heteroatoms. The lowest BCUT2D eigenvalue weighted by Gasteiger charge is -2.12. The van der Waals surface area contributed by atoms with Gasteiger partial charge >= 0.3 is 6.18 Å². The van der Waals surface area contributed by atoms with Gasteiger partial charge in [0.1, 0.15) is 12.2 Å². The van der Waals surface area contributed by atoms with Crippen molar-refractivity contribution < 1.29 is 22.5 Å². The van der Waals surface area contributed by atoms with Crippen molar-refractivity contribution in [2.24, 2.45) is 0 Å². The van der Waals surface area contributed by atoms with Crippen LogP contribution in [0.2, 0.25) is 0 Å². The Morgan fingerprint density at radius 3 is 2.67 bits per heavy atom. The number of alkyl halides is 3. The first kappa shape index (κ1) is 22.8. The van der Waals surface area contributed by atoms with E-state index in [1.165, 1.54) is 12.3 Å². The minimum atomic E-state index is -4.74. The number of fused-ring (bicyclic) bond motifs is 1. The van der Waals surface area contributed by atoms with Gasteiger partial charge in [-0.3, -0.25) is 9.48 Å². The van der Waals surface area contributed by atoms with Crippen molar-refractivity contribution in [3.05, 3.63) is 57.2 Å². The molecule has 4 aromatic heterocycles. The van der Waals surface area contributed by atoms with Gasteiger partial charge in [0.15, 0.2) is 11.5 Å². The number of pyridine rings is 2. The molecule has 33 heavy (non-hydrogen) atoms. The van der Waals surface area contributed by atoms with Crippen molar-refractivity contribution in [3.63, 3.8) is 0 Å². The van der Waals surface area contributed by atoms with E-state index >= 15 is 0 Å². The third-order valence-electron chi connectivity index (χ3n) is 4.89. The first-order chi connectivity index (χ1) is 15.6. The maximum atomic E-state index is 13.4. The lowest BCUT2D eigenvalue weighted by molar-refractivity contribution is -0.141. The number of rotatable bonds is 5. The number of hydrogen-bond acceptors (Lipinski definition) is 7. The molecule has 4 aromatic rings. The highest BCUT2D eigenvalue weighted by Gasteiger charge is 2.34. The highest BCUT2D eigenvalue weighted by atomic mass is 79.9. The van der Waals surface area contributed by atoms with Crippen molar-refractivity contribution in [3.8, 4) is 0 Å². The smallest absolute Gasteiger partial charge is 0.339 e. The molecule has 0 aliphatic rings. The van der Waals surface area contributed by atoms with Crippen molar-refractivity contribution in [1.82, 2.24) is 29.9 Å². The van der Waals surface area contributed by atoms with Gasteiger partial charge < -0.3 is 9.84 Å². The monoisotopic (exact) mass is 523 g/mol. The van der Waals surface area contributed by atoms with Crippen LogP contribution in [0.3, 0.4) is 0 Å². The van der Waals surface area contributed by atoms with E-state index in [4.69, 9.17) is 4.52 Å². The Morgan fingerprint density at radius 1 is 1.24 bits per heavy atom. The van der Waals surface area contributed by atoms with E-state index in [0.29, 0.717) is 45.8 Å². The summed E-state index contributed by atoms with van der Waals surface area (Å²) in [5.41, 5.74) is -0.167. The van der Waals surface area contributed by atoms with Gasteiger partial charge in [0.05, 0.1) is 22.6 Å². The molecule has 0 saturated carbocycles. The molecule has 9 nitrogen and oxygen atoms in total. The summed E-state index contributed by atoms with van der Waals surface area (Å²) in [5.74, 6) is 0.164. The van der Waals surface area contributed by atoms with E-state index in [9.17, 15) is 18.0 Å². The molecule has 0 saturated heterocycles. The number of nitrogens with zero attached hydrogens (tertiary/aromatic N) is 6. The Balaban J connectivity index is 1.70. The fourth-order valence-electron chi connectivity index (χ4n) is 3.26. The Labute approximate surface area is 193 Å². The molecule has 1 amide bonds. The average Bonchev–Trinajstić information content (AvgIpc) is 3.32. The van der Waals surface area contributed by atoms with E-state index < -0.39 is 17.8 Å². The maximum absolute atomic E-state index is 13.4. The molecule has 0 aliphatic heterocycles. The van der Waals surface area contributed by atoms with E-state index in [1.807, 2.05) is 6.92 Å². The van der Waals surface area contributed by atoms with Crippen molar-refractivity contribution >= 4 is 38.6 Å². The second kappa shape index (κ2) is 8.54. The van der Waals surface area contributed by atoms with Crippen LogP contribution in [-0.2, 0) is 19.1 Å². The second-order valence-electron chi connectivity index (χ2n) is 7.19. The van der Waals surface area contributed by atoms with Crippen molar-refractivity contribution in [2.45, 2.75) is 39.9 Å². The first-order valence-electron chi connectivity index (χ1n) is 9.77. The molecular weight excluding hydrogens is 507 g/mol. The number of anilines is 1. The average molecular weight is 524 g/mol. The van der Waals surface area contributed by atoms with E-state index in [-0.39, 0.29) is 23.1 Å². The lowest BCUT2D eigenvalue weighted by atomic mass is 10.1. The number of hydrogen-bond donors (Lipinski definition) is 1. The quantitative estimate of drug-likeness (QED) is 0.410. The summed E-state index contributed by atoms with van der Waals surface area (Å²) in [5, 5.41) is 11.1. The summed E-state index contributed by atoms with van der Waals surface area (Å²) in [7, 11) is 0. The minimum absolute atomic E-state index is 0.177. The zero-order valence-corrected chi connectivity index (χ0v) is 19.2. The third-order valence-corrected chi connectivity index (χ3v) is 5.32. The predicted molar refractivity (Wildman–Crippen MR) is 115 cm³/mol. The predicted octanol–water partition coefficient (Wildman–Crippen LogP) is 4.47. The fourth-order valence-corrected chi connectivity index (χ4v) is 3.59. The highest BCUT2D eigenvalue weighted by molar-refractivity contribution is 9.10. The van der Waals surface area contributed by atoms with E-state index in [2.05, 4.69) is 46.5 Å². The number of carbonyl (C=O) groups excluding carboxylic acids is 1. The van der Waals surface area contributed by atoms with Crippen LogP contribution in [0.1, 0.15) is 46.1 Å². The summed E-state index contributed by atoms with van der Waals surface area (Å²) in [6.45, 7) is 5.49. The Morgan fingerprint density at radius 2 is 2.00 bits per heavy atom. The molecule has 4 heterocycles. The van der Waals surface area contributed by atoms with Crippen molar-refractivity contribution in [2.75, 3.05) is 5.32 Å². The number of amides is 1. The number of aromatic nitrogens is 6. The van der Waals surface area contributed by atoms with Gasteiger partial charge in [-0.25, -0.2) is 9.97 Å². The Hall–Kier alpha value is -3.35. The van der Waals surface area contributed by atoms with Crippen LogP contribution in [0.5, 0.6) is 0 Å². The van der Waals surface area contributed by atoms with Gasteiger partial charge in [-0.05, 0) is 41.9 Å². The summed E-state index contributed by atoms with van der Waals surface area (Å²) in [6, 6.07) is 2.21. The molecule has 0 fully saturated rings. The van der Waals surface area contributed by atoms with Gasteiger partial charge in [-0.2, -0.15) is 23.3 Å². The van der Waals surface area contributed by atoms with Crippen LogP contribution in [0.25, 0.3) is 11.0 Å². The zero-order valence-electron chi connectivity index (χ0n) is 17.7. The summed E-state index contributed by atoms with van der Waals surface area (Å²) < 4.78 is 47.3. The fraction of sp³-hybridized carbons (Fsp3) is 0.300. The third kappa shape index (κ3) is 4.58. The number of nitrogens with one attached hydrogen (secondary N) is 1. The minimum Gasteiger partial charge on any atom is -0.339 e. The SMILES string of the molecule is CCc1nc(Cn2nc(C)c(NC(=O)c3cc(C(F)(F)F)nc4ncc(Br)cc34)c2C)no1. The Kier molecular flexibility index (Phi) is 5.91. The van der Waals surface area contributed by atoms with Gasteiger partial charge in [0.25, 0.3) is 5.91 Å². The van der Waals surface area contributed by atoms with E-state index in [1.54, 1.807) is 18.5 Å². The molecule has 4 rings (SSSR count). The summed E-state index contributed by atoms with van der Waals surface area (Å²) in [4.78, 5) is 24.8. The first-order valence-corrected chi connectivity index (χ1v) is 10.6. The van der Waals surface area contributed by atoms with Gasteiger partial charge in [0, 0.05) is 22.5 Å². The molecule has 0 radical (unpaired) electrons.